The summed E-state index contributed by atoms with van der Waals surface area (Å²) in [6.07, 6.45) is 4.56. The Morgan fingerprint density at radius 3 is 2.67 bits per heavy atom. The first-order valence-corrected chi connectivity index (χ1v) is 11.1. The second-order valence-corrected chi connectivity index (χ2v) is 8.60. The van der Waals surface area contributed by atoms with Crippen molar-refractivity contribution in [3.05, 3.63) is 70.2 Å². The van der Waals surface area contributed by atoms with Gasteiger partial charge in [-0.1, -0.05) is 36.4 Å². The Morgan fingerprint density at radius 1 is 1.17 bits per heavy atom. The lowest BCUT2D eigenvalue weighted by Crippen LogP contribution is -2.43. The quantitative estimate of drug-likeness (QED) is 0.574. The zero-order valence-corrected chi connectivity index (χ0v) is 18.0. The molecule has 1 saturated heterocycles. The molecule has 3 aromatic rings. The molecule has 2 aromatic carbocycles. The van der Waals surface area contributed by atoms with E-state index in [2.05, 4.69) is 60.1 Å². The van der Waals surface area contributed by atoms with Gasteiger partial charge in [0.25, 0.3) is 0 Å². The highest BCUT2D eigenvalue weighted by Crippen LogP contribution is 2.39. The molecule has 1 aliphatic heterocycles. The number of rotatable bonds is 8. The molecule has 0 radical (unpaired) electrons. The maximum atomic E-state index is 11.4. The molecule has 30 heavy (non-hydrogen) atoms. The van der Waals surface area contributed by atoms with Crippen LogP contribution < -0.4 is 5.76 Å². The zero-order chi connectivity index (χ0) is 21.0. The van der Waals surface area contributed by atoms with E-state index in [9.17, 15) is 4.79 Å². The van der Waals surface area contributed by atoms with Crippen molar-refractivity contribution in [3.63, 3.8) is 0 Å². The maximum absolute atomic E-state index is 11.4. The number of likely N-dealkylation sites (tertiary alicyclic amines) is 1. The number of H-pyrrole nitrogens is 1. The summed E-state index contributed by atoms with van der Waals surface area (Å²) in [6, 6.07) is 17.1. The zero-order valence-electron chi connectivity index (χ0n) is 18.0. The van der Waals surface area contributed by atoms with Crippen LogP contribution in [0.15, 0.2) is 57.7 Å². The molecule has 5 heteroatoms. The highest BCUT2D eigenvalue weighted by atomic mass is 16.5. The largest absolute Gasteiger partial charge is 0.417 e. The average molecular weight is 409 g/mol. The summed E-state index contributed by atoms with van der Waals surface area (Å²) >= 11 is 0. The Balaban J connectivity index is 1.42. The Kier molecular flexibility index (Phi) is 6.40. The third-order valence-corrected chi connectivity index (χ3v) is 6.73. The van der Waals surface area contributed by atoms with Crippen molar-refractivity contribution in [2.45, 2.75) is 45.6 Å². The average Bonchev–Trinajstić information content (AvgIpc) is 3.16. The van der Waals surface area contributed by atoms with Crippen molar-refractivity contribution in [3.8, 4) is 0 Å². The SMILES string of the molecule is CCOCC1(CCc2ccccc2)CCN(C(C)c2ccc3[nH]c(=O)oc3c2)CC1. The molecule has 2 heterocycles. The Labute approximate surface area is 178 Å². The number of fused-ring (bicyclic) bond motifs is 1. The lowest BCUT2D eigenvalue weighted by atomic mass is 9.74. The van der Waals surface area contributed by atoms with Gasteiger partial charge in [0, 0.05) is 12.6 Å². The van der Waals surface area contributed by atoms with Gasteiger partial charge in [0.2, 0.25) is 0 Å². The molecule has 160 valence electrons. The van der Waals surface area contributed by atoms with Gasteiger partial charge in [0.05, 0.1) is 12.1 Å². The summed E-state index contributed by atoms with van der Waals surface area (Å²) < 4.78 is 11.2. The summed E-state index contributed by atoms with van der Waals surface area (Å²) in [5.41, 5.74) is 4.23. The molecule has 1 atom stereocenters. The Hall–Kier alpha value is -2.37. The van der Waals surface area contributed by atoms with Crippen molar-refractivity contribution in [1.82, 2.24) is 9.88 Å². The second-order valence-electron chi connectivity index (χ2n) is 8.60. The van der Waals surface area contributed by atoms with Crippen molar-refractivity contribution >= 4 is 11.1 Å². The van der Waals surface area contributed by atoms with E-state index in [1.165, 1.54) is 17.5 Å². The fourth-order valence-electron chi connectivity index (χ4n) is 4.66. The summed E-state index contributed by atoms with van der Waals surface area (Å²) in [5, 5.41) is 0. The predicted molar refractivity (Wildman–Crippen MR) is 120 cm³/mol. The molecular weight excluding hydrogens is 376 g/mol. The first-order valence-electron chi connectivity index (χ1n) is 11.1. The van der Waals surface area contributed by atoms with E-state index in [-0.39, 0.29) is 11.5 Å². The molecule has 0 spiro atoms. The Morgan fingerprint density at radius 2 is 1.93 bits per heavy atom. The number of ether oxygens (including phenoxy) is 1. The van der Waals surface area contributed by atoms with E-state index in [0.29, 0.717) is 5.58 Å². The fourth-order valence-corrected chi connectivity index (χ4v) is 4.66. The van der Waals surface area contributed by atoms with Crippen LogP contribution in [0.2, 0.25) is 0 Å². The van der Waals surface area contributed by atoms with Gasteiger partial charge in [0.15, 0.2) is 5.58 Å². The van der Waals surface area contributed by atoms with Gasteiger partial charge in [-0.15, -0.1) is 0 Å². The summed E-state index contributed by atoms with van der Waals surface area (Å²) in [6.45, 7) is 8.05. The standard InChI is InChI=1S/C25H32N2O3/c1-3-29-18-25(12-11-20-7-5-4-6-8-20)13-15-27(16-14-25)19(2)21-9-10-22-23(17-21)30-24(28)26-22/h4-10,17,19H,3,11-16,18H2,1-2H3,(H,26,28). The van der Waals surface area contributed by atoms with E-state index < -0.39 is 5.76 Å². The number of hydrogen-bond acceptors (Lipinski definition) is 4. The van der Waals surface area contributed by atoms with Crippen molar-refractivity contribution in [1.29, 1.82) is 0 Å². The topological polar surface area (TPSA) is 58.5 Å². The minimum absolute atomic E-state index is 0.249. The molecule has 1 N–H and O–H groups in total. The first kappa shape index (κ1) is 20.9. The van der Waals surface area contributed by atoms with Gasteiger partial charge in [-0.25, -0.2) is 4.79 Å². The van der Waals surface area contributed by atoms with Crippen molar-refractivity contribution < 1.29 is 9.15 Å². The van der Waals surface area contributed by atoms with Crippen LogP contribution in [0.1, 0.15) is 50.3 Å². The number of nitrogens with zero attached hydrogens (tertiary/aromatic N) is 1. The Bertz CT molecular complexity index is 1000. The van der Waals surface area contributed by atoms with Crippen LogP contribution in [-0.2, 0) is 11.2 Å². The van der Waals surface area contributed by atoms with Crippen molar-refractivity contribution in [2.75, 3.05) is 26.3 Å². The molecule has 0 aliphatic carbocycles. The van der Waals surface area contributed by atoms with Gasteiger partial charge >= 0.3 is 5.76 Å². The first-order chi connectivity index (χ1) is 14.6. The lowest BCUT2D eigenvalue weighted by molar-refractivity contribution is -0.00875. The molecule has 1 aliphatic rings. The monoisotopic (exact) mass is 408 g/mol. The van der Waals surface area contributed by atoms with Crippen molar-refractivity contribution in [2.24, 2.45) is 5.41 Å². The fraction of sp³-hybridized carbons (Fsp3) is 0.480. The van der Waals surface area contributed by atoms with Gasteiger partial charge < -0.3 is 9.15 Å². The van der Waals surface area contributed by atoms with E-state index in [0.717, 1.165) is 51.1 Å². The van der Waals surface area contributed by atoms with Crippen LogP contribution in [0.5, 0.6) is 0 Å². The molecule has 4 rings (SSSR count). The highest BCUT2D eigenvalue weighted by Gasteiger charge is 2.36. The predicted octanol–water partition coefficient (Wildman–Crippen LogP) is 4.93. The van der Waals surface area contributed by atoms with Crippen LogP contribution in [0.3, 0.4) is 0 Å². The van der Waals surface area contributed by atoms with Crippen LogP contribution in [-0.4, -0.2) is 36.2 Å². The number of aromatic nitrogens is 1. The van der Waals surface area contributed by atoms with Crippen LogP contribution >= 0.6 is 0 Å². The summed E-state index contributed by atoms with van der Waals surface area (Å²) in [7, 11) is 0. The molecule has 1 aromatic heterocycles. The third kappa shape index (κ3) is 4.68. The molecule has 0 amide bonds. The molecule has 0 saturated carbocycles. The van der Waals surface area contributed by atoms with Crippen LogP contribution in [0, 0.1) is 5.41 Å². The highest BCUT2D eigenvalue weighted by molar-refractivity contribution is 5.72. The van der Waals surface area contributed by atoms with Crippen LogP contribution in [0.4, 0.5) is 0 Å². The van der Waals surface area contributed by atoms with Gasteiger partial charge in [0.1, 0.15) is 0 Å². The summed E-state index contributed by atoms with van der Waals surface area (Å²) in [5.74, 6) is -0.396. The maximum Gasteiger partial charge on any atom is 0.417 e. The molecule has 1 fully saturated rings. The van der Waals surface area contributed by atoms with Gasteiger partial charge in [-0.2, -0.15) is 0 Å². The minimum atomic E-state index is -0.396. The minimum Gasteiger partial charge on any atom is -0.408 e. The lowest BCUT2D eigenvalue weighted by Gasteiger charge is -2.44. The van der Waals surface area contributed by atoms with E-state index in [1.807, 2.05) is 12.1 Å². The number of benzene rings is 2. The molecule has 1 unspecified atom stereocenters. The smallest absolute Gasteiger partial charge is 0.408 e. The molecule has 0 bridgehead atoms. The number of nitrogens with one attached hydrogen (secondary N) is 1. The molecular formula is C25H32N2O3. The van der Waals surface area contributed by atoms with Gasteiger partial charge in [-0.05, 0) is 81.3 Å². The number of aryl methyl sites for hydroxylation is 1. The van der Waals surface area contributed by atoms with Crippen LogP contribution in [0.25, 0.3) is 11.1 Å². The van der Waals surface area contributed by atoms with E-state index in [4.69, 9.17) is 9.15 Å². The third-order valence-electron chi connectivity index (χ3n) is 6.73. The van der Waals surface area contributed by atoms with Gasteiger partial charge in [-0.3, -0.25) is 9.88 Å². The van der Waals surface area contributed by atoms with E-state index in [1.54, 1.807) is 0 Å². The normalized spacial score (nSPS) is 17.9. The number of piperidine rings is 1. The molecule has 5 nitrogen and oxygen atoms in total. The number of oxazole rings is 1. The number of hydrogen-bond donors (Lipinski definition) is 1. The van der Waals surface area contributed by atoms with E-state index >= 15 is 0 Å². The number of aromatic amines is 1. The summed E-state index contributed by atoms with van der Waals surface area (Å²) in [4.78, 5) is 16.7. The second kappa shape index (κ2) is 9.19.